The minimum Gasteiger partial charge on any atom is -0.404 e. The molecule has 1 heterocycles. The van der Waals surface area contributed by atoms with E-state index in [2.05, 4.69) is 27.4 Å². The van der Waals surface area contributed by atoms with Crippen LogP contribution >= 0.6 is 0 Å². The Morgan fingerprint density at radius 3 is 2.71 bits per heavy atom. The predicted octanol–water partition coefficient (Wildman–Crippen LogP) is 1.77. The molecule has 17 heavy (non-hydrogen) atoms. The molecule has 5 atom stereocenters. The van der Waals surface area contributed by atoms with Crippen molar-refractivity contribution in [1.29, 1.82) is 0 Å². The molecule has 0 aromatic carbocycles. The normalized spacial score (nSPS) is 48.2. The van der Waals surface area contributed by atoms with E-state index in [1.165, 1.54) is 6.42 Å². The molecule has 0 spiro atoms. The van der Waals surface area contributed by atoms with E-state index in [0.29, 0.717) is 11.3 Å². The first-order valence-electron chi connectivity index (χ1n) is 6.61. The molecule has 4 aliphatic rings. The molecule has 3 aliphatic carbocycles. The fourth-order valence-electron chi connectivity index (χ4n) is 4.17. The van der Waals surface area contributed by atoms with Gasteiger partial charge >= 0.3 is 7.12 Å². The lowest BCUT2D eigenvalue weighted by molar-refractivity contribution is -0.199. The van der Waals surface area contributed by atoms with Gasteiger partial charge < -0.3 is 15.0 Å². The second-order valence-electron chi connectivity index (χ2n) is 6.65. The summed E-state index contributed by atoms with van der Waals surface area (Å²) in [6.45, 7) is 10.6. The van der Waals surface area contributed by atoms with Crippen molar-refractivity contribution in [2.45, 2.75) is 51.3 Å². The molecule has 4 fully saturated rings. The molecule has 0 unspecified atom stereocenters. The van der Waals surface area contributed by atoms with Crippen molar-refractivity contribution in [2.24, 2.45) is 23.0 Å². The standard InChI is InChI=1S/C13H22BNO2/c1-5-11(15)14-16-10-7-8-6-9(12(8,2)3)13(10,4)17-14/h5,8-11H,1,6-7,15H2,2-4H3/t8-,9-,10+,11-,13-/m0/s1. The van der Waals surface area contributed by atoms with Gasteiger partial charge in [0.2, 0.25) is 0 Å². The van der Waals surface area contributed by atoms with E-state index in [9.17, 15) is 0 Å². The summed E-state index contributed by atoms with van der Waals surface area (Å²) in [7, 11) is -0.308. The molecule has 0 radical (unpaired) electrons. The molecule has 0 aromatic heterocycles. The molecule has 3 nitrogen and oxygen atoms in total. The van der Waals surface area contributed by atoms with Crippen LogP contribution in [0, 0.1) is 17.3 Å². The van der Waals surface area contributed by atoms with Gasteiger partial charge in [0.25, 0.3) is 0 Å². The predicted molar refractivity (Wildman–Crippen MR) is 68.3 cm³/mol. The first-order valence-corrected chi connectivity index (χ1v) is 6.61. The second kappa shape index (κ2) is 3.37. The smallest absolute Gasteiger partial charge is 0.404 e. The van der Waals surface area contributed by atoms with Crippen LogP contribution < -0.4 is 5.73 Å². The zero-order valence-electron chi connectivity index (χ0n) is 11.0. The quantitative estimate of drug-likeness (QED) is 0.586. The van der Waals surface area contributed by atoms with Gasteiger partial charge in [-0.05, 0) is 37.0 Å². The summed E-state index contributed by atoms with van der Waals surface area (Å²) in [4.78, 5) is 0. The van der Waals surface area contributed by atoms with Gasteiger partial charge in [-0.3, -0.25) is 0 Å². The third-order valence-electron chi connectivity index (χ3n) is 5.56. The second-order valence-corrected chi connectivity index (χ2v) is 6.65. The lowest BCUT2D eigenvalue weighted by Crippen LogP contribution is -2.65. The first-order chi connectivity index (χ1) is 7.89. The molecule has 2 N–H and O–H groups in total. The molecule has 0 aromatic rings. The highest BCUT2D eigenvalue weighted by molar-refractivity contribution is 6.48. The minimum atomic E-state index is -0.308. The maximum Gasteiger partial charge on any atom is 0.479 e. The largest absolute Gasteiger partial charge is 0.479 e. The highest BCUT2D eigenvalue weighted by Crippen LogP contribution is 2.65. The number of hydrogen-bond donors (Lipinski definition) is 1. The molecular formula is C13H22BNO2. The van der Waals surface area contributed by atoms with Crippen LogP contribution in [0.2, 0.25) is 0 Å². The molecule has 4 heteroatoms. The van der Waals surface area contributed by atoms with Gasteiger partial charge in [0, 0.05) is 0 Å². The topological polar surface area (TPSA) is 44.5 Å². The number of rotatable bonds is 2. The van der Waals surface area contributed by atoms with E-state index in [1.54, 1.807) is 6.08 Å². The van der Waals surface area contributed by atoms with Gasteiger partial charge in [-0.1, -0.05) is 19.9 Å². The molecular weight excluding hydrogens is 213 g/mol. The third-order valence-corrected chi connectivity index (χ3v) is 5.56. The Morgan fingerprint density at radius 2 is 2.12 bits per heavy atom. The van der Waals surface area contributed by atoms with Crippen LogP contribution in [0.1, 0.15) is 33.6 Å². The fourth-order valence-corrected chi connectivity index (χ4v) is 4.17. The van der Waals surface area contributed by atoms with Crippen LogP contribution in [-0.4, -0.2) is 24.8 Å². The van der Waals surface area contributed by atoms with Crippen LogP contribution in [0.15, 0.2) is 12.7 Å². The first kappa shape index (κ1) is 11.8. The van der Waals surface area contributed by atoms with Crippen LogP contribution in [-0.2, 0) is 9.31 Å². The van der Waals surface area contributed by atoms with Gasteiger partial charge in [-0.2, -0.15) is 0 Å². The van der Waals surface area contributed by atoms with Gasteiger partial charge in [0.1, 0.15) is 0 Å². The van der Waals surface area contributed by atoms with Crippen molar-refractivity contribution < 1.29 is 9.31 Å². The van der Waals surface area contributed by atoms with E-state index < -0.39 is 0 Å². The summed E-state index contributed by atoms with van der Waals surface area (Å²) in [6.07, 6.45) is 4.32. The molecule has 3 saturated carbocycles. The van der Waals surface area contributed by atoms with Crippen LogP contribution in [0.3, 0.4) is 0 Å². The Hall–Kier alpha value is -0.315. The SMILES string of the molecule is C=C[C@H](N)B1O[C@@H]2C[C@@H]3C[C@@H](C3(C)C)[C@]2(C)O1. The lowest BCUT2D eigenvalue weighted by atomic mass is 9.43. The van der Waals surface area contributed by atoms with Gasteiger partial charge in [-0.15, -0.1) is 6.58 Å². The lowest BCUT2D eigenvalue weighted by Gasteiger charge is -2.64. The summed E-state index contributed by atoms with van der Waals surface area (Å²) in [5.41, 5.74) is 6.19. The van der Waals surface area contributed by atoms with Crippen molar-refractivity contribution in [2.75, 3.05) is 0 Å². The maximum atomic E-state index is 6.17. The highest BCUT2D eigenvalue weighted by Gasteiger charge is 2.68. The Labute approximate surface area is 104 Å². The van der Waals surface area contributed by atoms with E-state index in [-0.39, 0.29) is 24.8 Å². The molecule has 2 bridgehead atoms. The van der Waals surface area contributed by atoms with Crippen LogP contribution in [0.5, 0.6) is 0 Å². The summed E-state index contributed by atoms with van der Waals surface area (Å²) < 4.78 is 12.2. The van der Waals surface area contributed by atoms with Crippen molar-refractivity contribution in [1.82, 2.24) is 0 Å². The Bertz CT molecular complexity index is 359. The van der Waals surface area contributed by atoms with E-state index in [4.69, 9.17) is 15.0 Å². The average Bonchev–Trinajstić information content (AvgIpc) is 2.64. The van der Waals surface area contributed by atoms with Crippen LogP contribution in [0.4, 0.5) is 0 Å². The van der Waals surface area contributed by atoms with Crippen LogP contribution in [0.25, 0.3) is 0 Å². The van der Waals surface area contributed by atoms with Crippen molar-refractivity contribution >= 4 is 7.12 Å². The molecule has 1 aliphatic heterocycles. The molecule has 0 amide bonds. The Kier molecular flexibility index (Phi) is 2.33. The number of hydrogen-bond acceptors (Lipinski definition) is 3. The van der Waals surface area contributed by atoms with E-state index in [0.717, 1.165) is 12.3 Å². The van der Waals surface area contributed by atoms with Crippen molar-refractivity contribution in [3.05, 3.63) is 12.7 Å². The zero-order valence-corrected chi connectivity index (χ0v) is 11.0. The van der Waals surface area contributed by atoms with Gasteiger partial charge in [0.05, 0.1) is 17.6 Å². The number of nitrogens with two attached hydrogens (primary N) is 1. The summed E-state index contributed by atoms with van der Waals surface area (Å²) in [5.74, 6) is 1.16. The Morgan fingerprint density at radius 1 is 1.41 bits per heavy atom. The summed E-state index contributed by atoms with van der Waals surface area (Å²) >= 11 is 0. The zero-order chi connectivity index (χ0) is 12.4. The molecule has 94 valence electrons. The summed E-state index contributed by atoms with van der Waals surface area (Å²) in [6, 6.07) is 0. The highest BCUT2D eigenvalue weighted by atomic mass is 16.7. The Balaban J connectivity index is 1.85. The van der Waals surface area contributed by atoms with E-state index in [1.807, 2.05) is 0 Å². The van der Waals surface area contributed by atoms with Crippen molar-refractivity contribution in [3.8, 4) is 0 Å². The van der Waals surface area contributed by atoms with Gasteiger partial charge in [0.15, 0.2) is 0 Å². The van der Waals surface area contributed by atoms with E-state index >= 15 is 0 Å². The molecule has 4 rings (SSSR count). The monoisotopic (exact) mass is 235 g/mol. The van der Waals surface area contributed by atoms with Gasteiger partial charge in [-0.25, -0.2) is 0 Å². The fraction of sp³-hybridized carbons (Fsp3) is 0.846. The average molecular weight is 235 g/mol. The van der Waals surface area contributed by atoms with Crippen molar-refractivity contribution in [3.63, 3.8) is 0 Å². The summed E-state index contributed by atoms with van der Waals surface area (Å²) in [5, 5.41) is 0. The molecule has 1 saturated heterocycles. The minimum absolute atomic E-state index is 0.149. The third kappa shape index (κ3) is 1.35. The maximum absolute atomic E-state index is 6.17.